The predicted octanol–water partition coefficient (Wildman–Crippen LogP) is 6.12. The van der Waals surface area contributed by atoms with Crippen molar-refractivity contribution in [3.05, 3.63) is 143 Å². The molecule has 0 heterocycles. The number of benzene rings is 4. The molecule has 6 nitrogen and oxygen atoms in total. The summed E-state index contributed by atoms with van der Waals surface area (Å²) in [7, 11) is 0. The minimum atomic E-state index is -1.80. The number of ether oxygens (including phenoxy) is 2. The summed E-state index contributed by atoms with van der Waals surface area (Å²) in [6.45, 7) is 3.90. The Labute approximate surface area is 222 Å². The van der Waals surface area contributed by atoms with Gasteiger partial charge in [-0.1, -0.05) is 120 Å². The number of hydrogen-bond donors (Lipinski definition) is 2. The Morgan fingerprint density at radius 1 is 0.500 bits per heavy atom. The van der Waals surface area contributed by atoms with E-state index in [1.54, 1.807) is 0 Å². The quantitative estimate of drug-likeness (QED) is 0.252. The van der Waals surface area contributed by atoms with Gasteiger partial charge in [-0.2, -0.15) is 0 Å². The highest BCUT2D eigenvalue weighted by Gasteiger charge is 2.40. The van der Waals surface area contributed by atoms with Crippen LogP contribution in [0.25, 0.3) is 0 Å². The van der Waals surface area contributed by atoms with Crippen LogP contribution in [-0.2, 0) is 19.1 Å². The second-order valence-corrected chi connectivity index (χ2v) is 9.19. The first-order valence-corrected chi connectivity index (χ1v) is 12.3. The molecule has 0 aliphatic rings. The van der Waals surface area contributed by atoms with E-state index >= 15 is 0 Å². The standard InChI is InChI=1S/C32H30O6/c1-21-13-17-25(18-14-21)27(23-9-5-3-6-10-23)37-29(31(33)34)30(32(35)36)38-28(24-11-7-4-8-12-24)26-19-15-22(2)16-20-26/h3-20,27-30H,1-2H3,(H,33,34)(H,35,36)/t27?,28?,29-,30-/m1/s1. The zero-order valence-electron chi connectivity index (χ0n) is 21.2. The Kier molecular flexibility index (Phi) is 8.69. The molecular weight excluding hydrogens is 480 g/mol. The fourth-order valence-corrected chi connectivity index (χ4v) is 4.25. The normalized spacial score (nSPS) is 14.3. The maximum absolute atomic E-state index is 12.5. The molecule has 0 bridgehead atoms. The van der Waals surface area contributed by atoms with Crippen molar-refractivity contribution in [2.75, 3.05) is 0 Å². The fraction of sp³-hybridized carbons (Fsp3) is 0.188. The number of aryl methyl sites for hydroxylation is 2. The van der Waals surface area contributed by atoms with E-state index in [-0.39, 0.29) is 0 Å². The summed E-state index contributed by atoms with van der Waals surface area (Å²) in [6, 6.07) is 33.3. The van der Waals surface area contributed by atoms with Gasteiger partial charge in [0, 0.05) is 0 Å². The van der Waals surface area contributed by atoms with Crippen LogP contribution >= 0.6 is 0 Å². The van der Waals surface area contributed by atoms with E-state index in [0.717, 1.165) is 11.1 Å². The van der Waals surface area contributed by atoms with Gasteiger partial charge in [0.25, 0.3) is 0 Å². The van der Waals surface area contributed by atoms with Gasteiger partial charge in [-0.3, -0.25) is 0 Å². The molecule has 0 aliphatic carbocycles. The lowest BCUT2D eigenvalue weighted by Crippen LogP contribution is -2.45. The molecule has 4 aromatic carbocycles. The van der Waals surface area contributed by atoms with E-state index in [4.69, 9.17) is 9.47 Å². The number of carbonyl (C=O) groups is 2. The van der Waals surface area contributed by atoms with Crippen molar-refractivity contribution in [3.63, 3.8) is 0 Å². The lowest BCUT2D eigenvalue weighted by atomic mass is 9.99. The maximum atomic E-state index is 12.5. The number of hydrogen-bond acceptors (Lipinski definition) is 4. The van der Waals surface area contributed by atoms with Gasteiger partial charge in [-0.25, -0.2) is 9.59 Å². The minimum Gasteiger partial charge on any atom is -0.479 e. The molecule has 4 rings (SSSR count). The van der Waals surface area contributed by atoms with Gasteiger partial charge in [-0.05, 0) is 36.1 Å². The molecule has 0 spiro atoms. The van der Waals surface area contributed by atoms with Crippen LogP contribution in [0.1, 0.15) is 45.6 Å². The van der Waals surface area contributed by atoms with Gasteiger partial charge in [-0.15, -0.1) is 0 Å². The Bertz CT molecular complexity index is 1230. The molecule has 0 amide bonds. The summed E-state index contributed by atoms with van der Waals surface area (Å²) in [5.74, 6) is -2.86. The second kappa shape index (κ2) is 12.3. The number of carboxylic acids is 2. The first kappa shape index (κ1) is 26.8. The average molecular weight is 511 g/mol. The number of carboxylic acid groups (broad SMARTS) is 2. The van der Waals surface area contributed by atoms with Crippen molar-refractivity contribution in [3.8, 4) is 0 Å². The molecule has 2 N–H and O–H groups in total. The summed E-state index contributed by atoms with van der Waals surface area (Å²) in [4.78, 5) is 25.1. The third kappa shape index (κ3) is 6.54. The van der Waals surface area contributed by atoms with Crippen LogP contribution in [0.15, 0.2) is 109 Å². The third-order valence-electron chi connectivity index (χ3n) is 6.29. The summed E-state index contributed by atoms with van der Waals surface area (Å²) >= 11 is 0. The van der Waals surface area contributed by atoms with Gasteiger partial charge in [0.15, 0.2) is 12.2 Å². The van der Waals surface area contributed by atoms with Crippen molar-refractivity contribution in [1.29, 1.82) is 0 Å². The van der Waals surface area contributed by atoms with E-state index < -0.39 is 36.4 Å². The molecule has 0 saturated carbocycles. The Morgan fingerprint density at radius 2 is 0.789 bits per heavy atom. The molecule has 38 heavy (non-hydrogen) atoms. The summed E-state index contributed by atoms with van der Waals surface area (Å²) in [5, 5.41) is 20.4. The van der Waals surface area contributed by atoms with Crippen LogP contribution < -0.4 is 0 Å². The summed E-state index contributed by atoms with van der Waals surface area (Å²) in [5.41, 5.74) is 4.87. The highest BCUT2D eigenvalue weighted by atomic mass is 16.6. The summed E-state index contributed by atoms with van der Waals surface area (Å²) in [6.07, 6.45) is -5.23. The first-order valence-electron chi connectivity index (χ1n) is 12.3. The molecule has 0 aliphatic heterocycles. The third-order valence-corrected chi connectivity index (χ3v) is 6.29. The molecule has 2 unspecified atom stereocenters. The average Bonchev–Trinajstić information content (AvgIpc) is 2.92. The van der Waals surface area contributed by atoms with Crippen molar-refractivity contribution in [1.82, 2.24) is 0 Å². The predicted molar refractivity (Wildman–Crippen MR) is 144 cm³/mol. The molecule has 0 aromatic heterocycles. The van der Waals surface area contributed by atoms with Gasteiger partial charge in [0.05, 0.1) is 0 Å². The van der Waals surface area contributed by atoms with E-state index in [9.17, 15) is 19.8 Å². The van der Waals surface area contributed by atoms with Crippen LogP contribution in [0.5, 0.6) is 0 Å². The molecule has 0 radical (unpaired) electrons. The first-order chi connectivity index (χ1) is 18.3. The van der Waals surface area contributed by atoms with Crippen LogP contribution in [0, 0.1) is 13.8 Å². The van der Waals surface area contributed by atoms with Crippen LogP contribution in [0.4, 0.5) is 0 Å². The highest BCUT2D eigenvalue weighted by molar-refractivity contribution is 5.83. The van der Waals surface area contributed by atoms with E-state index in [1.807, 2.05) is 123 Å². The molecule has 4 aromatic rings. The monoisotopic (exact) mass is 510 g/mol. The Balaban J connectivity index is 1.73. The largest absolute Gasteiger partial charge is 0.479 e. The van der Waals surface area contributed by atoms with Crippen molar-refractivity contribution in [2.45, 2.75) is 38.3 Å². The zero-order valence-corrected chi connectivity index (χ0v) is 21.2. The maximum Gasteiger partial charge on any atom is 0.336 e. The Hall–Kier alpha value is -4.26. The lowest BCUT2D eigenvalue weighted by Gasteiger charge is -2.30. The van der Waals surface area contributed by atoms with Crippen molar-refractivity contribution in [2.24, 2.45) is 0 Å². The Morgan fingerprint density at radius 3 is 1.08 bits per heavy atom. The molecule has 0 saturated heterocycles. The highest BCUT2D eigenvalue weighted by Crippen LogP contribution is 2.33. The van der Waals surface area contributed by atoms with E-state index in [1.165, 1.54) is 0 Å². The van der Waals surface area contributed by atoms with E-state index in [2.05, 4.69) is 0 Å². The van der Waals surface area contributed by atoms with Crippen LogP contribution in [-0.4, -0.2) is 34.4 Å². The zero-order chi connectivity index (χ0) is 27.1. The van der Waals surface area contributed by atoms with Crippen molar-refractivity contribution >= 4 is 11.9 Å². The van der Waals surface area contributed by atoms with E-state index in [0.29, 0.717) is 22.3 Å². The number of aliphatic carboxylic acids is 2. The molecule has 6 heteroatoms. The van der Waals surface area contributed by atoms with Crippen LogP contribution in [0.3, 0.4) is 0 Å². The molecule has 0 fully saturated rings. The van der Waals surface area contributed by atoms with Gasteiger partial charge in [0.1, 0.15) is 12.2 Å². The smallest absolute Gasteiger partial charge is 0.336 e. The SMILES string of the molecule is Cc1ccc(C(O[C@@H](C(=O)O)[C@@H](OC(c2ccccc2)c2ccc(C)cc2)C(=O)O)c2ccccc2)cc1. The summed E-state index contributed by atoms with van der Waals surface area (Å²) < 4.78 is 12.3. The topological polar surface area (TPSA) is 93.1 Å². The van der Waals surface area contributed by atoms with Gasteiger partial charge < -0.3 is 19.7 Å². The molecule has 4 atom stereocenters. The molecular formula is C32H30O6. The van der Waals surface area contributed by atoms with Gasteiger partial charge >= 0.3 is 11.9 Å². The van der Waals surface area contributed by atoms with Crippen LogP contribution in [0.2, 0.25) is 0 Å². The fourth-order valence-electron chi connectivity index (χ4n) is 4.25. The second-order valence-electron chi connectivity index (χ2n) is 9.19. The lowest BCUT2D eigenvalue weighted by molar-refractivity contribution is -0.184. The molecule has 194 valence electrons. The van der Waals surface area contributed by atoms with Gasteiger partial charge in [0.2, 0.25) is 0 Å². The van der Waals surface area contributed by atoms with Crippen molar-refractivity contribution < 1.29 is 29.3 Å². The minimum absolute atomic E-state index is 0.699. The number of rotatable bonds is 11.